The molecule has 0 amide bonds. The summed E-state index contributed by atoms with van der Waals surface area (Å²) in [4.78, 5) is 2.64. The molecule has 2 aliphatic rings. The molecule has 2 fully saturated rings. The Labute approximate surface area is 155 Å². The molecule has 130 valence electrons. The van der Waals surface area contributed by atoms with Crippen LogP contribution in [0.1, 0.15) is 28.8 Å². The summed E-state index contributed by atoms with van der Waals surface area (Å²) < 4.78 is 0. The lowest BCUT2D eigenvalue weighted by Gasteiger charge is -2.63. The Morgan fingerprint density at radius 3 is 1.69 bits per heavy atom. The number of nitrogens with zero attached hydrogens (tertiary/aromatic N) is 1. The van der Waals surface area contributed by atoms with Crippen LogP contribution in [0.3, 0.4) is 0 Å². The predicted octanol–water partition coefficient (Wildman–Crippen LogP) is 4.42. The van der Waals surface area contributed by atoms with E-state index in [1.165, 1.54) is 16.7 Å². The molecule has 0 aromatic heterocycles. The van der Waals surface area contributed by atoms with Crippen LogP contribution in [-0.4, -0.2) is 24.5 Å². The average molecular weight is 340 g/mol. The highest BCUT2D eigenvalue weighted by molar-refractivity contribution is 5.35. The molecule has 3 aromatic rings. The van der Waals surface area contributed by atoms with E-state index in [0.717, 1.165) is 19.6 Å². The molecule has 3 aromatic carbocycles. The van der Waals surface area contributed by atoms with E-state index >= 15 is 0 Å². The smallest absolute Gasteiger partial charge is 0.0602 e. The Morgan fingerprint density at radius 1 is 0.731 bits per heavy atom. The molecule has 2 heteroatoms. The summed E-state index contributed by atoms with van der Waals surface area (Å²) in [6.07, 6.45) is 0. The molecular formula is C24H24N2. The molecule has 1 spiro atoms. The zero-order valence-electron chi connectivity index (χ0n) is 14.9. The monoisotopic (exact) mass is 340 g/mol. The van der Waals surface area contributed by atoms with Crippen molar-refractivity contribution in [2.24, 2.45) is 5.41 Å². The second-order valence-electron chi connectivity index (χ2n) is 7.72. The van der Waals surface area contributed by atoms with Gasteiger partial charge in [-0.3, -0.25) is 4.90 Å². The van der Waals surface area contributed by atoms with Crippen LogP contribution in [0.5, 0.6) is 0 Å². The van der Waals surface area contributed by atoms with Crippen molar-refractivity contribution < 1.29 is 0 Å². The number of hydrogen-bond donors (Lipinski definition) is 1. The largest absolute Gasteiger partial charge is 0.309 e. The summed E-state index contributed by atoms with van der Waals surface area (Å²) in [6, 6.07) is 33.6. The van der Waals surface area contributed by atoms with Gasteiger partial charge in [-0.2, -0.15) is 0 Å². The minimum atomic E-state index is 0.347. The highest BCUT2D eigenvalue weighted by Gasteiger charge is 2.56. The molecule has 2 saturated heterocycles. The van der Waals surface area contributed by atoms with Gasteiger partial charge >= 0.3 is 0 Å². The van der Waals surface area contributed by atoms with Crippen molar-refractivity contribution in [3.8, 4) is 0 Å². The maximum absolute atomic E-state index is 3.67. The fourth-order valence-electron chi connectivity index (χ4n) is 4.73. The first-order chi connectivity index (χ1) is 12.9. The van der Waals surface area contributed by atoms with Gasteiger partial charge in [0.15, 0.2) is 0 Å². The number of benzene rings is 3. The summed E-state index contributed by atoms with van der Waals surface area (Å²) in [5, 5.41) is 3.67. The molecular weight excluding hydrogens is 316 g/mol. The van der Waals surface area contributed by atoms with Gasteiger partial charge in [0.1, 0.15) is 0 Å². The fourth-order valence-corrected chi connectivity index (χ4v) is 4.73. The van der Waals surface area contributed by atoms with E-state index in [0.29, 0.717) is 17.5 Å². The van der Waals surface area contributed by atoms with Crippen molar-refractivity contribution in [1.29, 1.82) is 0 Å². The van der Waals surface area contributed by atoms with E-state index < -0.39 is 0 Å². The molecule has 0 aliphatic carbocycles. The number of likely N-dealkylation sites (tertiary alicyclic amines) is 1. The molecule has 0 bridgehead atoms. The third kappa shape index (κ3) is 2.57. The molecule has 2 nitrogen and oxygen atoms in total. The highest BCUT2D eigenvalue weighted by Crippen LogP contribution is 2.51. The van der Waals surface area contributed by atoms with E-state index in [4.69, 9.17) is 0 Å². The molecule has 2 aliphatic heterocycles. The first kappa shape index (κ1) is 15.8. The summed E-state index contributed by atoms with van der Waals surface area (Å²) in [7, 11) is 0. The lowest BCUT2D eigenvalue weighted by molar-refractivity contribution is -0.0965. The van der Waals surface area contributed by atoms with Gasteiger partial charge in [0.05, 0.1) is 6.04 Å². The molecule has 2 heterocycles. The third-order valence-corrected chi connectivity index (χ3v) is 6.04. The van der Waals surface area contributed by atoms with Crippen molar-refractivity contribution >= 4 is 0 Å². The van der Waals surface area contributed by atoms with Crippen molar-refractivity contribution in [3.63, 3.8) is 0 Å². The molecule has 1 unspecified atom stereocenters. The van der Waals surface area contributed by atoms with Gasteiger partial charge in [-0.05, 0) is 16.7 Å². The minimum absolute atomic E-state index is 0.347. The molecule has 0 radical (unpaired) electrons. The van der Waals surface area contributed by atoms with Crippen LogP contribution >= 0.6 is 0 Å². The molecule has 26 heavy (non-hydrogen) atoms. The van der Waals surface area contributed by atoms with Gasteiger partial charge in [0, 0.05) is 31.1 Å². The molecule has 0 saturated carbocycles. The van der Waals surface area contributed by atoms with E-state index in [-0.39, 0.29) is 0 Å². The maximum Gasteiger partial charge on any atom is 0.0602 e. The predicted molar refractivity (Wildman–Crippen MR) is 106 cm³/mol. The molecule has 5 rings (SSSR count). The van der Waals surface area contributed by atoms with Crippen LogP contribution in [-0.2, 0) is 0 Å². The fraction of sp³-hybridized carbons (Fsp3) is 0.250. The van der Waals surface area contributed by atoms with Gasteiger partial charge in [-0.25, -0.2) is 0 Å². The highest BCUT2D eigenvalue weighted by atomic mass is 15.3. The van der Waals surface area contributed by atoms with Crippen molar-refractivity contribution in [2.45, 2.75) is 12.1 Å². The number of rotatable bonds is 4. The van der Waals surface area contributed by atoms with Crippen LogP contribution in [0.25, 0.3) is 0 Å². The van der Waals surface area contributed by atoms with Crippen molar-refractivity contribution in [2.75, 3.05) is 19.6 Å². The zero-order chi connectivity index (χ0) is 17.4. The van der Waals surface area contributed by atoms with Gasteiger partial charge < -0.3 is 5.32 Å². The summed E-state index contributed by atoms with van der Waals surface area (Å²) in [5.41, 5.74) is 4.59. The van der Waals surface area contributed by atoms with E-state index in [1.807, 2.05) is 0 Å². The summed E-state index contributed by atoms with van der Waals surface area (Å²) in [5.74, 6) is 0. The third-order valence-electron chi connectivity index (χ3n) is 6.04. The topological polar surface area (TPSA) is 15.3 Å². The number of hydrogen-bond acceptors (Lipinski definition) is 2. The van der Waals surface area contributed by atoms with E-state index in [2.05, 4.69) is 101 Å². The Hall–Kier alpha value is -2.42. The first-order valence-electron chi connectivity index (χ1n) is 9.48. The van der Waals surface area contributed by atoms with Gasteiger partial charge in [0.25, 0.3) is 0 Å². The van der Waals surface area contributed by atoms with Crippen LogP contribution in [0.2, 0.25) is 0 Å². The summed E-state index contributed by atoms with van der Waals surface area (Å²) >= 11 is 0. The number of nitrogens with one attached hydrogen (secondary N) is 1. The first-order valence-corrected chi connectivity index (χ1v) is 9.48. The van der Waals surface area contributed by atoms with Crippen molar-refractivity contribution in [3.05, 3.63) is 108 Å². The Kier molecular flexibility index (Phi) is 3.88. The average Bonchev–Trinajstić information content (AvgIpc) is 2.65. The minimum Gasteiger partial charge on any atom is -0.309 e. The zero-order valence-corrected chi connectivity index (χ0v) is 14.9. The van der Waals surface area contributed by atoms with Crippen LogP contribution in [0.15, 0.2) is 91.0 Å². The van der Waals surface area contributed by atoms with Crippen LogP contribution < -0.4 is 5.32 Å². The Bertz CT molecular complexity index is 815. The van der Waals surface area contributed by atoms with Crippen LogP contribution in [0.4, 0.5) is 0 Å². The summed E-state index contributed by atoms with van der Waals surface area (Å²) in [6.45, 7) is 3.42. The normalized spacial score (nSPS) is 21.3. The van der Waals surface area contributed by atoms with E-state index in [1.54, 1.807) is 0 Å². The SMILES string of the molecule is c1ccc(C(c2ccccc2)N2CC3(CNC3c3ccccc3)C2)cc1. The standard InChI is InChI=1S/C24H24N2/c1-4-10-19(11-5-1)22(20-12-6-2-7-13-20)26-17-24(18-26)16-25-23(24)21-14-8-3-9-15-21/h1-15,22-23,25H,16-18H2. The van der Waals surface area contributed by atoms with Gasteiger partial charge in [-0.1, -0.05) is 91.0 Å². The quantitative estimate of drug-likeness (QED) is 0.756. The lowest BCUT2D eigenvalue weighted by Crippen LogP contribution is -2.72. The second-order valence-corrected chi connectivity index (χ2v) is 7.72. The van der Waals surface area contributed by atoms with E-state index in [9.17, 15) is 0 Å². The molecule has 1 N–H and O–H groups in total. The molecule has 1 atom stereocenters. The van der Waals surface area contributed by atoms with Crippen LogP contribution in [0, 0.1) is 5.41 Å². The lowest BCUT2D eigenvalue weighted by atomic mass is 9.64. The Morgan fingerprint density at radius 2 is 1.23 bits per heavy atom. The van der Waals surface area contributed by atoms with Gasteiger partial charge in [0.2, 0.25) is 0 Å². The second kappa shape index (κ2) is 6.39. The van der Waals surface area contributed by atoms with Gasteiger partial charge in [-0.15, -0.1) is 0 Å². The maximum atomic E-state index is 3.67. The van der Waals surface area contributed by atoms with Crippen molar-refractivity contribution in [1.82, 2.24) is 10.2 Å². The Balaban J connectivity index is 1.41.